The maximum Gasteiger partial charge on any atom is 0.490 e. The SMILES string of the molecule is C[Si](C)OCC1CC=C(B2OC(C)(C)C(C)(C)O2)C(C(C)(C)C)C1. The first kappa shape index (κ1) is 20.2. The van der Waals surface area contributed by atoms with Gasteiger partial charge < -0.3 is 13.7 Å². The van der Waals surface area contributed by atoms with E-state index in [4.69, 9.17) is 13.7 Å². The predicted octanol–water partition coefficient (Wildman–Crippen LogP) is 4.88. The summed E-state index contributed by atoms with van der Waals surface area (Å²) < 4.78 is 18.7. The van der Waals surface area contributed by atoms with Crippen molar-refractivity contribution in [2.24, 2.45) is 17.3 Å². The lowest BCUT2D eigenvalue weighted by Gasteiger charge is -2.39. The third kappa shape index (κ3) is 4.35. The van der Waals surface area contributed by atoms with E-state index in [0.717, 1.165) is 19.4 Å². The fourth-order valence-electron chi connectivity index (χ4n) is 3.52. The largest absolute Gasteiger partial charge is 0.490 e. The summed E-state index contributed by atoms with van der Waals surface area (Å²) in [5.41, 5.74) is 0.988. The molecule has 137 valence electrons. The Morgan fingerprint density at radius 3 is 2.17 bits per heavy atom. The lowest BCUT2D eigenvalue weighted by molar-refractivity contribution is 0.00578. The Hall–Kier alpha value is -0.0982. The summed E-state index contributed by atoms with van der Waals surface area (Å²) in [6.07, 6.45) is 4.61. The van der Waals surface area contributed by atoms with Gasteiger partial charge in [0.25, 0.3) is 0 Å². The van der Waals surface area contributed by atoms with Crippen molar-refractivity contribution in [1.82, 2.24) is 0 Å². The van der Waals surface area contributed by atoms with Gasteiger partial charge in [-0.15, -0.1) is 0 Å². The lowest BCUT2D eigenvalue weighted by Crippen LogP contribution is -2.41. The van der Waals surface area contributed by atoms with Crippen LogP contribution in [0.3, 0.4) is 0 Å². The quantitative estimate of drug-likeness (QED) is 0.676. The summed E-state index contributed by atoms with van der Waals surface area (Å²) in [5.74, 6) is 1.08. The van der Waals surface area contributed by atoms with Crippen LogP contribution in [-0.2, 0) is 13.7 Å². The molecule has 1 fully saturated rings. The molecule has 2 atom stereocenters. The fourth-order valence-corrected chi connectivity index (χ4v) is 4.09. The first-order valence-electron chi connectivity index (χ1n) is 9.32. The average Bonchev–Trinajstić information content (AvgIpc) is 2.64. The lowest BCUT2D eigenvalue weighted by atomic mass is 9.58. The second-order valence-electron chi connectivity index (χ2n) is 9.77. The van der Waals surface area contributed by atoms with Crippen LogP contribution in [0.25, 0.3) is 0 Å². The topological polar surface area (TPSA) is 27.7 Å². The fraction of sp³-hybridized carbons (Fsp3) is 0.895. The summed E-state index contributed by atoms with van der Waals surface area (Å²) in [7, 11) is -0.825. The van der Waals surface area contributed by atoms with Crippen molar-refractivity contribution in [3.05, 3.63) is 11.5 Å². The van der Waals surface area contributed by atoms with Crippen molar-refractivity contribution in [3.8, 4) is 0 Å². The molecule has 0 saturated carbocycles. The third-order valence-corrected chi connectivity index (χ3v) is 6.58. The molecule has 0 aromatic heterocycles. The Labute approximate surface area is 151 Å². The third-order valence-electron chi connectivity index (χ3n) is 5.84. The van der Waals surface area contributed by atoms with Gasteiger partial charge in [-0.1, -0.05) is 26.8 Å². The Balaban J connectivity index is 2.18. The van der Waals surface area contributed by atoms with Crippen LogP contribution < -0.4 is 0 Å². The van der Waals surface area contributed by atoms with Crippen LogP contribution in [0.4, 0.5) is 0 Å². The molecule has 1 aliphatic heterocycles. The van der Waals surface area contributed by atoms with Crippen LogP contribution in [-0.4, -0.2) is 34.0 Å². The van der Waals surface area contributed by atoms with Gasteiger partial charge in [-0.3, -0.25) is 0 Å². The number of rotatable bonds is 4. The molecule has 0 aromatic carbocycles. The zero-order valence-electron chi connectivity index (χ0n) is 17.2. The second-order valence-corrected chi connectivity index (χ2v) is 11.9. The van der Waals surface area contributed by atoms with Gasteiger partial charge in [0, 0.05) is 6.61 Å². The van der Waals surface area contributed by atoms with E-state index < -0.39 is 9.04 Å². The summed E-state index contributed by atoms with van der Waals surface area (Å²) in [5, 5.41) is 0. The van der Waals surface area contributed by atoms with Crippen molar-refractivity contribution in [3.63, 3.8) is 0 Å². The molecular formula is C19H36BO3Si. The van der Waals surface area contributed by atoms with E-state index in [1.165, 1.54) is 5.47 Å². The average molecular weight is 351 g/mol. The van der Waals surface area contributed by atoms with Gasteiger partial charge in [-0.05, 0) is 76.4 Å². The van der Waals surface area contributed by atoms with E-state index in [1.54, 1.807) is 0 Å². The molecule has 2 unspecified atom stereocenters. The summed E-state index contributed by atoms with van der Waals surface area (Å²) in [6, 6.07) is 0. The number of hydrogen-bond donors (Lipinski definition) is 0. The van der Waals surface area contributed by atoms with Crippen molar-refractivity contribution < 1.29 is 13.7 Å². The van der Waals surface area contributed by atoms with Crippen LogP contribution in [0.15, 0.2) is 11.5 Å². The maximum absolute atomic E-state index is 6.35. The van der Waals surface area contributed by atoms with Crippen molar-refractivity contribution in [2.75, 3.05) is 6.61 Å². The molecule has 1 saturated heterocycles. The van der Waals surface area contributed by atoms with Crippen LogP contribution >= 0.6 is 0 Å². The molecule has 2 rings (SSSR count). The second kappa shape index (κ2) is 6.90. The van der Waals surface area contributed by atoms with Gasteiger partial charge in [0.1, 0.15) is 0 Å². The van der Waals surface area contributed by atoms with E-state index >= 15 is 0 Å². The van der Waals surface area contributed by atoms with Gasteiger partial charge >= 0.3 is 7.12 Å². The number of hydrogen-bond acceptors (Lipinski definition) is 3. The molecular weight excluding hydrogens is 315 g/mol. The van der Waals surface area contributed by atoms with Crippen LogP contribution in [0.1, 0.15) is 61.3 Å². The van der Waals surface area contributed by atoms with E-state index in [9.17, 15) is 0 Å². The minimum absolute atomic E-state index is 0.195. The smallest absolute Gasteiger partial charge is 0.417 e. The molecule has 24 heavy (non-hydrogen) atoms. The Morgan fingerprint density at radius 2 is 1.71 bits per heavy atom. The zero-order valence-corrected chi connectivity index (χ0v) is 18.2. The highest BCUT2D eigenvalue weighted by molar-refractivity contribution is 6.54. The van der Waals surface area contributed by atoms with Crippen molar-refractivity contribution in [2.45, 2.75) is 85.6 Å². The minimum atomic E-state index is -0.615. The van der Waals surface area contributed by atoms with E-state index in [2.05, 4.69) is 67.6 Å². The highest BCUT2D eigenvalue weighted by Crippen LogP contribution is 2.47. The predicted molar refractivity (Wildman–Crippen MR) is 103 cm³/mol. The molecule has 3 nitrogen and oxygen atoms in total. The van der Waals surface area contributed by atoms with Crippen molar-refractivity contribution >= 4 is 16.2 Å². The van der Waals surface area contributed by atoms with Gasteiger partial charge in [-0.2, -0.15) is 0 Å². The Morgan fingerprint density at radius 1 is 1.17 bits per heavy atom. The number of allylic oxidation sites excluding steroid dienone is 2. The highest BCUT2D eigenvalue weighted by atomic mass is 28.3. The van der Waals surface area contributed by atoms with E-state index in [-0.39, 0.29) is 23.7 Å². The standard InChI is InChI=1S/C19H36BO3Si/c1-17(2,3)15-12-14(13-21-24(8)9)10-11-16(15)20-22-18(4,5)19(6,7)23-20/h11,14-15H,10,12-13H2,1-9H3. The van der Waals surface area contributed by atoms with Gasteiger partial charge in [0.15, 0.2) is 0 Å². The van der Waals surface area contributed by atoms with Crippen LogP contribution in [0.5, 0.6) is 0 Å². The highest BCUT2D eigenvalue weighted by Gasteiger charge is 2.54. The normalized spacial score (nSPS) is 29.9. The zero-order chi connectivity index (χ0) is 18.3. The molecule has 0 amide bonds. The van der Waals surface area contributed by atoms with Gasteiger partial charge in [0.05, 0.1) is 11.2 Å². The molecule has 1 aliphatic carbocycles. The maximum atomic E-state index is 6.35. The summed E-state index contributed by atoms with van der Waals surface area (Å²) in [6.45, 7) is 20.8. The molecule has 0 N–H and O–H groups in total. The van der Waals surface area contributed by atoms with Crippen LogP contribution in [0, 0.1) is 17.3 Å². The Bertz CT molecular complexity index is 463. The van der Waals surface area contributed by atoms with Crippen LogP contribution in [0.2, 0.25) is 13.1 Å². The van der Waals surface area contributed by atoms with Gasteiger partial charge in [-0.25, -0.2) is 0 Å². The molecule has 5 heteroatoms. The molecule has 1 heterocycles. The van der Waals surface area contributed by atoms with Crippen molar-refractivity contribution in [1.29, 1.82) is 0 Å². The first-order chi connectivity index (χ1) is 10.8. The minimum Gasteiger partial charge on any atom is -0.417 e. The molecule has 1 radical (unpaired) electrons. The molecule has 2 aliphatic rings. The molecule has 0 spiro atoms. The molecule has 0 aromatic rings. The molecule has 0 bridgehead atoms. The van der Waals surface area contributed by atoms with E-state index in [0.29, 0.717) is 11.8 Å². The monoisotopic (exact) mass is 351 g/mol. The summed E-state index contributed by atoms with van der Waals surface area (Å²) in [4.78, 5) is 0. The Kier molecular flexibility index (Phi) is 5.81. The first-order valence-corrected chi connectivity index (χ1v) is 11.7. The summed E-state index contributed by atoms with van der Waals surface area (Å²) >= 11 is 0. The van der Waals surface area contributed by atoms with E-state index in [1.807, 2.05) is 0 Å². The van der Waals surface area contributed by atoms with Gasteiger partial charge in [0.2, 0.25) is 9.04 Å².